The molecule has 1 saturated heterocycles. The van der Waals surface area contributed by atoms with E-state index in [0.717, 1.165) is 0 Å². The highest BCUT2D eigenvalue weighted by molar-refractivity contribution is 5.71. The maximum atomic E-state index is 12.3. The number of nitrogens with zero attached hydrogens (tertiary/aromatic N) is 6. The Morgan fingerprint density at radius 3 is 3.04 bits per heavy atom. The highest BCUT2D eigenvalue weighted by Gasteiger charge is 2.45. The Hall–Kier alpha value is -2.85. The maximum Gasteiger partial charge on any atom is 0.280 e. The number of aliphatic hydroxyl groups is 2. The van der Waals surface area contributed by atoms with Gasteiger partial charge in [0.2, 0.25) is 5.95 Å². The van der Waals surface area contributed by atoms with Crippen molar-refractivity contribution in [2.24, 2.45) is 4.99 Å². The van der Waals surface area contributed by atoms with Gasteiger partial charge in [-0.25, -0.2) is 9.98 Å². The quantitative estimate of drug-likeness (QED) is 0.302. The number of nitrogens with one attached hydrogen (secondary N) is 1. The number of hydrogen-bond acceptors (Lipinski definition) is 9. The van der Waals surface area contributed by atoms with Crippen molar-refractivity contribution in [2.75, 3.05) is 27.3 Å². The van der Waals surface area contributed by atoms with Gasteiger partial charge in [0.05, 0.1) is 38.4 Å². The molecule has 0 radical (unpaired) electrons. The predicted octanol–water partition coefficient (Wildman–Crippen LogP) is -1.11. The molecule has 3 N–H and O–H groups in total. The Balaban J connectivity index is 2.00. The third-order valence-corrected chi connectivity index (χ3v) is 4.12. The molecule has 0 aromatic carbocycles. The van der Waals surface area contributed by atoms with E-state index in [1.807, 2.05) is 6.07 Å². The van der Waals surface area contributed by atoms with Gasteiger partial charge in [-0.15, -0.1) is 0 Å². The van der Waals surface area contributed by atoms with Crippen molar-refractivity contribution in [1.82, 2.24) is 24.4 Å². The molecule has 150 valence electrons. The minimum atomic E-state index is -1.13. The highest BCUT2D eigenvalue weighted by atomic mass is 16.6. The summed E-state index contributed by atoms with van der Waals surface area (Å²) in [5.41, 5.74) is -0.210. The van der Waals surface area contributed by atoms with Crippen molar-refractivity contribution < 1.29 is 19.7 Å². The van der Waals surface area contributed by atoms with Crippen molar-refractivity contribution in [1.29, 1.82) is 5.26 Å². The normalized spacial score (nSPS) is 24.8. The molecule has 28 heavy (non-hydrogen) atoms. The zero-order chi connectivity index (χ0) is 20.3. The average molecular weight is 391 g/mol. The molecule has 4 atom stereocenters. The van der Waals surface area contributed by atoms with Gasteiger partial charge < -0.3 is 24.6 Å². The third-order valence-electron chi connectivity index (χ3n) is 4.12. The Morgan fingerprint density at radius 1 is 1.57 bits per heavy atom. The van der Waals surface area contributed by atoms with E-state index in [1.54, 1.807) is 19.0 Å². The number of aromatic amines is 1. The standard InChI is InChI=1S/C16H21N7O5/c1-22(2)7-19-16-20-13-10(14(26)21-16)18-8-23(13)15-12(27-5-3-4-17)11(25)9(6-24)28-15/h7-9,11-12,15,24-25H,3,5-6H2,1-2H3,(H,20,21,26)/b19-7+/t9-,11?,12+,15-/m1/s1. The zero-order valence-electron chi connectivity index (χ0n) is 15.4. The van der Waals surface area contributed by atoms with Gasteiger partial charge in [-0.3, -0.25) is 14.3 Å². The van der Waals surface area contributed by atoms with E-state index >= 15 is 0 Å². The van der Waals surface area contributed by atoms with Crippen molar-refractivity contribution >= 4 is 23.5 Å². The number of hydrogen-bond donors (Lipinski definition) is 3. The summed E-state index contributed by atoms with van der Waals surface area (Å²) in [5, 5.41) is 28.6. The summed E-state index contributed by atoms with van der Waals surface area (Å²) < 4.78 is 12.8. The van der Waals surface area contributed by atoms with Crippen LogP contribution in [0.2, 0.25) is 0 Å². The number of aliphatic imine (C=N–C) groups is 1. The monoisotopic (exact) mass is 391 g/mol. The van der Waals surface area contributed by atoms with Crippen LogP contribution < -0.4 is 5.56 Å². The molecule has 1 aliphatic rings. The number of aromatic nitrogens is 4. The number of nitriles is 1. The first kappa shape index (κ1) is 19.9. The van der Waals surface area contributed by atoms with Gasteiger partial charge in [-0.1, -0.05) is 0 Å². The van der Waals surface area contributed by atoms with Crippen molar-refractivity contribution in [2.45, 2.75) is 31.0 Å². The predicted molar refractivity (Wildman–Crippen MR) is 97.0 cm³/mol. The number of fused-ring (bicyclic) bond motifs is 1. The van der Waals surface area contributed by atoms with Gasteiger partial charge in [0.1, 0.15) is 18.3 Å². The van der Waals surface area contributed by atoms with Gasteiger partial charge in [0, 0.05) is 14.1 Å². The summed E-state index contributed by atoms with van der Waals surface area (Å²) >= 11 is 0. The van der Waals surface area contributed by atoms with Crippen LogP contribution in [0.1, 0.15) is 12.6 Å². The Bertz CT molecular complexity index is 947. The number of aliphatic hydroxyl groups excluding tert-OH is 2. The Kier molecular flexibility index (Phi) is 6.00. The number of rotatable bonds is 7. The number of imidazole rings is 1. The third kappa shape index (κ3) is 3.87. The highest BCUT2D eigenvalue weighted by Crippen LogP contribution is 2.33. The van der Waals surface area contributed by atoms with E-state index < -0.39 is 36.7 Å². The van der Waals surface area contributed by atoms with E-state index in [-0.39, 0.29) is 30.1 Å². The van der Waals surface area contributed by atoms with Crippen LogP contribution in [0.4, 0.5) is 5.95 Å². The summed E-state index contributed by atoms with van der Waals surface area (Å²) in [5.74, 6) is 0.0761. The second-order valence-corrected chi connectivity index (χ2v) is 6.40. The lowest BCUT2D eigenvalue weighted by molar-refractivity contribution is -0.0693. The van der Waals surface area contributed by atoms with E-state index in [1.165, 1.54) is 17.2 Å². The molecule has 0 saturated carbocycles. The lowest BCUT2D eigenvalue weighted by atomic mass is 10.1. The average Bonchev–Trinajstić information content (AvgIpc) is 3.22. The smallest absolute Gasteiger partial charge is 0.280 e. The summed E-state index contributed by atoms with van der Waals surface area (Å²) in [7, 11) is 3.55. The fourth-order valence-corrected chi connectivity index (χ4v) is 2.85. The molecular weight excluding hydrogens is 370 g/mol. The van der Waals surface area contributed by atoms with Gasteiger partial charge in [0.25, 0.3) is 5.56 Å². The zero-order valence-corrected chi connectivity index (χ0v) is 15.4. The molecule has 12 nitrogen and oxygen atoms in total. The van der Waals surface area contributed by atoms with Crippen LogP contribution in [0.5, 0.6) is 0 Å². The van der Waals surface area contributed by atoms with Crippen LogP contribution in [0.3, 0.4) is 0 Å². The van der Waals surface area contributed by atoms with Crippen LogP contribution in [0.25, 0.3) is 11.2 Å². The first-order chi connectivity index (χ1) is 13.5. The van der Waals surface area contributed by atoms with Crippen LogP contribution in [0.15, 0.2) is 16.1 Å². The van der Waals surface area contributed by atoms with Crippen LogP contribution in [-0.2, 0) is 9.47 Å². The minimum Gasteiger partial charge on any atom is -0.394 e. The minimum absolute atomic E-state index is 0.0742. The lowest BCUT2D eigenvalue weighted by Gasteiger charge is -2.21. The largest absolute Gasteiger partial charge is 0.394 e. The van der Waals surface area contributed by atoms with Crippen molar-refractivity contribution in [3.63, 3.8) is 0 Å². The van der Waals surface area contributed by atoms with E-state index in [0.29, 0.717) is 0 Å². The fourth-order valence-electron chi connectivity index (χ4n) is 2.85. The maximum absolute atomic E-state index is 12.3. The van der Waals surface area contributed by atoms with Crippen molar-refractivity contribution in [3.05, 3.63) is 16.7 Å². The molecule has 2 aromatic heterocycles. The summed E-state index contributed by atoms with van der Waals surface area (Å²) in [6.07, 6.45) is -0.817. The van der Waals surface area contributed by atoms with Crippen LogP contribution >= 0.6 is 0 Å². The van der Waals surface area contributed by atoms with Gasteiger partial charge in [0.15, 0.2) is 17.4 Å². The van der Waals surface area contributed by atoms with Gasteiger partial charge in [-0.2, -0.15) is 10.2 Å². The molecule has 1 unspecified atom stereocenters. The van der Waals surface area contributed by atoms with E-state index in [9.17, 15) is 15.0 Å². The van der Waals surface area contributed by atoms with Crippen LogP contribution in [0, 0.1) is 11.3 Å². The molecule has 0 bridgehead atoms. The Labute approximate surface area is 159 Å². The molecule has 2 aromatic rings. The van der Waals surface area contributed by atoms with E-state index in [2.05, 4.69) is 19.9 Å². The molecule has 1 fully saturated rings. The molecule has 3 rings (SSSR count). The SMILES string of the molecule is CN(C)/C=N/c1nc2c(ncn2[C@@H]2O[C@H](CO)C(O)[C@@H]2OCCC#N)c(=O)[nH]1. The summed E-state index contributed by atoms with van der Waals surface area (Å²) in [4.78, 5) is 29.0. The molecular formula is C16H21N7O5. The van der Waals surface area contributed by atoms with E-state index in [4.69, 9.17) is 14.7 Å². The first-order valence-electron chi connectivity index (χ1n) is 8.56. The molecule has 0 amide bonds. The molecule has 12 heteroatoms. The van der Waals surface area contributed by atoms with Crippen molar-refractivity contribution in [3.8, 4) is 6.07 Å². The fraction of sp³-hybridized carbons (Fsp3) is 0.562. The summed E-state index contributed by atoms with van der Waals surface area (Å²) in [6.45, 7) is -0.343. The second kappa shape index (κ2) is 8.44. The first-order valence-corrected chi connectivity index (χ1v) is 8.56. The topological polar surface area (TPSA) is 162 Å². The summed E-state index contributed by atoms with van der Waals surface area (Å²) in [6, 6.07) is 1.96. The second-order valence-electron chi connectivity index (χ2n) is 6.40. The number of ether oxygens (including phenoxy) is 2. The molecule has 1 aliphatic heterocycles. The Morgan fingerprint density at radius 2 is 2.36 bits per heavy atom. The number of H-pyrrole nitrogens is 1. The van der Waals surface area contributed by atoms with Crippen LogP contribution in [-0.4, -0.2) is 86.6 Å². The van der Waals surface area contributed by atoms with Gasteiger partial charge >= 0.3 is 0 Å². The van der Waals surface area contributed by atoms with Gasteiger partial charge in [-0.05, 0) is 0 Å². The molecule has 3 heterocycles. The molecule has 0 spiro atoms. The molecule has 0 aliphatic carbocycles. The lowest BCUT2D eigenvalue weighted by Crippen LogP contribution is -2.35.